The van der Waals surface area contributed by atoms with Crippen molar-refractivity contribution in [2.45, 2.75) is 277 Å². The second-order valence-corrected chi connectivity index (χ2v) is 20.9. The lowest BCUT2D eigenvalue weighted by molar-refractivity contribution is -0.166. The highest BCUT2D eigenvalue weighted by Crippen LogP contribution is 2.15. The van der Waals surface area contributed by atoms with Gasteiger partial charge in [0, 0.05) is 19.3 Å². The van der Waals surface area contributed by atoms with Crippen LogP contribution in [0.2, 0.25) is 0 Å². The van der Waals surface area contributed by atoms with Crippen molar-refractivity contribution >= 4 is 17.9 Å². The number of rotatable bonds is 57. The van der Waals surface area contributed by atoms with Gasteiger partial charge in [-0.25, -0.2) is 0 Å². The molecule has 0 aliphatic heterocycles. The summed E-state index contributed by atoms with van der Waals surface area (Å²) < 4.78 is 16.8. The molecule has 0 radical (unpaired) electrons. The number of carbonyl (C=O) groups is 3. The minimum absolute atomic E-state index is 0.110. The zero-order chi connectivity index (χ0) is 57.8. The Morgan fingerprint density at radius 3 is 0.850 bits per heavy atom. The Balaban J connectivity index is 4.26. The van der Waals surface area contributed by atoms with Gasteiger partial charge in [-0.05, 0) is 135 Å². The van der Waals surface area contributed by atoms with E-state index in [2.05, 4.69) is 173 Å². The highest BCUT2D eigenvalue weighted by atomic mass is 16.6. The van der Waals surface area contributed by atoms with Crippen LogP contribution in [0.4, 0.5) is 0 Å². The maximum atomic E-state index is 12.9. The highest BCUT2D eigenvalue weighted by Gasteiger charge is 2.19. The molecule has 0 aliphatic rings. The van der Waals surface area contributed by atoms with E-state index in [0.29, 0.717) is 19.3 Å². The first kappa shape index (κ1) is 75.0. The fraction of sp³-hybridized carbons (Fsp3) is 0.608. The summed E-state index contributed by atoms with van der Waals surface area (Å²) in [5.74, 6) is -1.01. The van der Waals surface area contributed by atoms with Gasteiger partial charge in [-0.2, -0.15) is 0 Å². The molecule has 0 amide bonds. The third kappa shape index (κ3) is 63.9. The minimum atomic E-state index is -0.819. The number of unbranched alkanes of at least 4 members (excludes halogenated alkanes) is 20. The molecule has 6 heteroatoms. The molecule has 1 unspecified atom stereocenters. The van der Waals surface area contributed by atoms with Gasteiger partial charge in [-0.15, -0.1) is 0 Å². The van der Waals surface area contributed by atoms with Gasteiger partial charge in [0.25, 0.3) is 0 Å². The Hall–Kier alpha value is -4.97. The van der Waals surface area contributed by atoms with Gasteiger partial charge in [-0.3, -0.25) is 14.4 Å². The molecule has 0 aliphatic carbocycles. The van der Waals surface area contributed by atoms with Crippen LogP contribution in [0.15, 0.2) is 158 Å². The molecule has 0 saturated heterocycles. The molecule has 0 saturated carbocycles. The average molecular weight is 1100 g/mol. The summed E-state index contributed by atoms with van der Waals surface area (Å²) in [5, 5.41) is 0. The lowest BCUT2D eigenvalue weighted by Crippen LogP contribution is -2.30. The van der Waals surface area contributed by atoms with E-state index in [4.69, 9.17) is 14.2 Å². The molecule has 0 N–H and O–H groups in total. The third-order valence-corrected chi connectivity index (χ3v) is 13.3. The molecule has 0 heterocycles. The number of hydrogen-bond acceptors (Lipinski definition) is 6. The number of hydrogen-bond donors (Lipinski definition) is 0. The Bertz CT molecular complexity index is 1790. The van der Waals surface area contributed by atoms with Gasteiger partial charge in [0.2, 0.25) is 0 Å². The highest BCUT2D eigenvalue weighted by molar-refractivity contribution is 5.71. The van der Waals surface area contributed by atoms with Crippen molar-refractivity contribution in [2.24, 2.45) is 0 Å². The standard InChI is InChI=1S/C74H118O6/c1-4-7-10-13-16-19-22-25-27-28-29-30-31-32-33-34-35-36-37-38-39-40-41-42-43-44-45-46-47-50-52-55-58-61-64-67-73(76)79-70-71(69-78-72(75)66-63-60-57-54-51-48-24-21-18-15-12-9-6-3)80-74(77)68-65-62-59-56-53-49-26-23-20-17-14-11-8-5-2/h7,9-10,12,16,18-19,21,23,25-27,29-30,32-33,35-36,38-39,41-42,48,51,57,60,71H,4-6,8,11,13-15,17,20,22,24,28,31,34,37,40,43-47,49-50,52-56,58-59,61-70H2,1-3H3/b10-7-,12-9-,19-16-,21-18-,26-23-,27-25-,30-29-,33-32-,36-35-,39-38-,42-41-,51-48-,60-57-. The Morgan fingerprint density at radius 2 is 0.512 bits per heavy atom. The van der Waals surface area contributed by atoms with Crippen molar-refractivity contribution in [1.82, 2.24) is 0 Å². The maximum absolute atomic E-state index is 12.9. The van der Waals surface area contributed by atoms with E-state index in [-0.39, 0.29) is 37.5 Å². The van der Waals surface area contributed by atoms with Gasteiger partial charge >= 0.3 is 17.9 Å². The van der Waals surface area contributed by atoms with E-state index >= 15 is 0 Å². The Morgan fingerprint density at radius 1 is 0.263 bits per heavy atom. The van der Waals surface area contributed by atoms with E-state index in [9.17, 15) is 14.4 Å². The molecule has 6 nitrogen and oxygen atoms in total. The van der Waals surface area contributed by atoms with E-state index in [1.54, 1.807) is 0 Å². The first-order valence-corrected chi connectivity index (χ1v) is 32.5. The molecule has 0 aromatic heterocycles. The number of esters is 3. The summed E-state index contributed by atoms with van der Waals surface area (Å²) >= 11 is 0. The summed E-state index contributed by atoms with van der Waals surface area (Å²) in [5.41, 5.74) is 0. The summed E-state index contributed by atoms with van der Waals surface area (Å²) in [6.07, 6.45) is 97.0. The van der Waals surface area contributed by atoms with E-state index in [1.807, 2.05) is 6.08 Å². The molecule has 0 spiro atoms. The second kappa shape index (κ2) is 66.5. The summed E-state index contributed by atoms with van der Waals surface area (Å²) in [7, 11) is 0. The van der Waals surface area contributed by atoms with Crippen LogP contribution in [-0.2, 0) is 28.6 Å². The van der Waals surface area contributed by atoms with E-state index in [0.717, 1.165) is 135 Å². The summed E-state index contributed by atoms with van der Waals surface area (Å²) in [6, 6.07) is 0. The normalized spacial score (nSPS) is 13.2. The van der Waals surface area contributed by atoms with E-state index < -0.39 is 6.10 Å². The van der Waals surface area contributed by atoms with Crippen LogP contribution in [0, 0.1) is 0 Å². The molecule has 80 heavy (non-hydrogen) atoms. The molecule has 0 aromatic rings. The fourth-order valence-corrected chi connectivity index (χ4v) is 8.47. The largest absolute Gasteiger partial charge is 0.462 e. The van der Waals surface area contributed by atoms with Crippen molar-refractivity contribution < 1.29 is 28.6 Å². The quantitative estimate of drug-likeness (QED) is 0.0261. The van der Waals surface area contributed by atoms with Crippen molar-refractivity contribution in [3.63, 3.8) is 0 Å². The number of carbonyl (C=O) groups excluding carboxylic acids is 3. The van der Waals surface area contributed by atoms with Crippen LogP contribution in [0.3, 0.4) is 0 Å². The maximum Gasteiger partial charge on any atom is 0.306 e. The molecular formula is C74H118O6. The Labute approximate surface area is 492 Å². The monoisotopic (exact) mass is 1100 g/mol. The van der Waals surface area contributed by atoms with Gasteiger partial charge in [0.05, 0.1) is 0 Å². The number of ether oxygens (including phenoxy) is 3. The lowest BCUT2D eigenvalue weighted by atomic mass is 10.1. The van der Waals surface area contributed by atoms with Gasteiger partial charge in [0.1, 0.15) is 13.2 Å². The molecule has 0 bridgehead atoms. The zero-order valence-electron chi connectivity index (χ0n) is 51.5. The van der Waals surface area contributed by atoms with Crippen molar-refractivity contribution in [3.8, 4) is 0 Å². The summed E-state index contributed by atoms with van der Waals surface area (Å²) in [4.78, 5) is 38.2. The van der Waals surface area contributed by atoms with Gasteiger partial charge in [0.15, 0.2) is 6.10 Å². The predicted molar refractivity (Wildman–Crippen MR) is 348 cm³/mol. The zero-order valence-corrected chi connectivity index (χ0v) is 51.5. The second-order valence-electron chi connectivity index (χ2n) is 20.9. The van der Waals surface area contributed by atoms with E-state index in [1.165, 1.54) is 89.9 Å². The van der Waals surface area contributed by atoms with Crippen molar-refractivity contribution in [3.05, 3.63) is 158 Å². The predicted octanol–water partition coefficient (Wildman–Crippen LogP) is 22.5. The van der Waals surface area contributed by atoms with Crippen LogP contribution in [0.5, 0.6) is 0 Å². The first-order chi connectivity index (χ1) is 39.5. The average Bonchev–Trinajstić information content (AvgIpc) is 3.46. The van der Waals surface area contributed by atoms with Crippen LogP contribution in [-0.4, -0.2) is 37.2 Å². The topological polar surface area (TPSA) is 78.9 Å². The van der Waals surface area contributed by atoms with Gasteiger partial charge < -0.3 is 14.2 Å². The first-order valence-electron chi connectivity index (χ1n) is 32.5. The van der Waals surface area contributed by atoms with Gasteiger partial charge in [-0.1, -0.05) is 275 Å². The lowest BCUT2D eigenvalue weighted by Gasteiger charge is -2.18. The van der Waals surface area contributed by atoms with Crippen LogP contribution in [0.1, 0.15) is 271 Å². The molecule has 0 fully saturated rings. The minimum Gasteiger partial charge on any atom is -0.462 e. The smallest absolute Gasteiger partial charge is 0.306 e. The molecule has 0 aromatic carbocycles. The molecule has 0 rings (SSSR count). The SMILES string of the molecule is CC/C=C\C/C=C\C/C=C\C/C=C\C/C=C\C/C=C\C/C=C\C/C=C\CCCCCCCCCCCCC(=O)OCC(COC(=O)CC/C=C\C/C=C\C/C=C\C/C=C\CC)OC(=O)CCCCCCC/C=C\CCCCCCC. The van der Waals surface area contributed by atoms with Crippen molar-refractivity contribution in [1.29, 1.82) is 0 Å². The molecule has 450 valence electrons. The van der Waals surface area contributed by atoms with Crippen LogP contribution >= 0.6 is 0 Å². The number of allylic oxidation sites excluding steroid dienone is 26. The van der Waals surface area contributed by atoms with Crippen LogP contribution in [0.25, 0.3) is 0 Å². The fourth-order valence-electron chi connectivity index (χ4n) is 8.47. The molecular weight excluding hydrogens is 985 g/mol. The van der Waals surface area contributed by atoms with Crippen LogP contribution < -0.4 is 0 Å². The third-order valence-electron chi connectivity index (χ3n) is 13.3. The molecule has 1 atom stereocenters. The Kier molecular flexibility index (Phi) is 62.4. The van der Waals surface area contributed by atoms with Crippen molar-refractivity contribution in [2.75, 3.05) is 13.2 Å². The summed E-state index contributed by atoms with van der Waals surface area (Å²) in [6.45, 7) is 6.32.